The van der Waals surface area contributed by atoms with Crippen LogP contribution in [0.3, 0.4) is 0 Å². The Hall–Kier alpha value is -1.90. The molecule has 1 aromatic carbocycles. The highest BCUT2D eigenvalue weighted by molar-refractivity contribution is 5.25. The van der Waals surface area contributed by atoms with Crippen LogP contribution in [0.2, 0.25) is 0 Å². The maximum Gasteiger partial charge on any atom is 0.137 e. The molecule has 138 valence electrons. The minimum atomic E-state index is -1.59. The van der Waals surface area contributed by atoms with Gasteiger partial charge in [0.15, 0.2) is 0 Å². The summed E-state index contributed by atoms with van der Waals surface area (Å²) in [5.41, 5.74) is -1.58. The summed E-state index contributed by atoms with van der Waals surface area (Å²) in [4.78, 5) is 3.82. The molecule has 0 spiro atoms. The maximum atomic E-state index is 14.2. The third-order valence-corrected chi connectivity index (χ3v) is 4.00. The van der Waals surface area contributed by atoms with Crippen LogP contribution in [0.4, 0.5) is 8.78 Å². The van der Waals surface area contributed by atoms with Crippen molar-refractivity contribution in [1.82, 2.24) is 20.1 Å². The van der Waals surface area contributed by atoms with Crippen LogP contribution < -0.4 is 5.32 Å². The molecule has 0 aliphatic carbocycles. The molecule has 25 heavy (non-hydrogen) atoms. The predicted molar refractivity (Wildman–Crippen MR) is 88.7 cm³/mol. The van der Waals surface area contributed by atoms with Gasteiger partial charge in [0.1, 0.15) is 29.9 Å². The highest BCUT2D eigenvalue weighted by Crippen LogP contribution is 2.26. The third-order valence-electron chi connectivity index (χ3n) is 4.00. The summed E-state index contributed by atoms with van der Waals surface area (Å²) in [6, 6.07) is 3.14. The normalized spacial score (nSPS) is 13.8. The maximum absolute atomic E-state index is 14.2. The molecule has 0 aliphatic rings. The number of rotatable bonds is 11. The van der Waals surface area contributed by atoms with E-state index in [-0.39, 0.29) is 25.3 Å². The van der Waals surface area contributed by atoms with Crippen molar-refractivity contribution < 1.29 is 19.0 Å². The smallest absolute Gasteiger partial charge is 0.137 e. The number of hydrogen-bond acceptors (Lipinski definition) is 5. The van der Waals surface area contributed by atoms with E-state index in [0.29, 0.717) is 6.54 Å². The lowest BCUT2D eigenvalue weighted by molar-refractivity contribution is 0.0121. The SMILES string of the molecule is OCCCCCCNCC(O)(Cn1cncn1)c1ccc(F)cc1F. The standard InChI is InChI=1S/C17H24F2N4O2/c18-14-5-6-15(16(19)9-14)17(25,11-23-13-21-12-22-23)10-20-7-3-1-2-4-8-24/h5-6,9,12-13,20,24-25H,1-4,7-8,10-11H2. The monoisotopic (exact) mass is 354 g/mol. The van der Waals surface area contributed by atoms with Crippen LogP contribution in [0, 0.1) is 11.6 Å². The number of halogens is 2. The molecule has 0 radical (unpaired) electrons. The van der Waals surface area contributed by atoms with E-state index in [9.17, 15) is 13.9 Å². The van der Waals surface area contributed by atoms with Crippen molar-refractivity contribution in [2.24, 2.45) is 0 Å². The van der Waals surface area contributed by atoms with Gasteiger partial charge in [-0.15, -0.1) is 0 Å². The van der Waals surface area contributed by atoms with Crippen molar-refractivity contribution in [1.29, 1.82) is 0 Å². The van der Waals surface area contributed by atoms with Gasteiger partial charge in [-0.05, 0) is 25.5 Å². The van der Waals surface area contributed by atoms with Crippen molar-refractivity contribution in [3.05, 3.63) is 48.1 Å². The van der Waals surface area contributed by atoms with Crippen molar-refractivity contribution in [3.8, 4) is 0 Å². The summed E-state index contributed by atoms with van der Waals surface area (Å²) >= 11 is 0. The van der Waals surface area contributed by atoms with Crippen LogP contribution >= 0.6 is 0 Å². The van der Waals surface area contributed by atoms with Crippen molar-refractivity contribution in [2.45, 2.75) is 37.8 Å². The molecular weight excluding hydrogens is 330 g/mol. The summed E-state index contributed by atoms with van der Waals surface area (Å²) in [6.45, 7) is 0.922. The highest BCUT2D eigenvalue weighted by atomic mass is 19.1. The van der Waals surface area contributed by atoms with Crippen molar-refractivity contribution in [2.75, 3.05) is 19.7 Å². The largest absolute Gasteiger partial charge is 0.396 e. The zero-order chi connectivity index (χ0) is 18.1. The van der Waals surface area contributed by atoms with Gasteiger partial charge in [-0.25, -0.2) is 18.4 Å². The van der Waals surface area contributed by atoms with Crippen LogP contribution in [0.25, 0.3) is 0 Å². The first kappa shape index (κ1) is 19.4. The van der Waals surface area contributed by atoms with Gasteiger partial charge in [0.25, 0.3) is 0 Å². The quantitative estimate of drug-likeness (QED) is 0.534. The van der Waals surface area contributed by atoms with Crippen molar-refractivity contribution >= 4 is 0 Å². The lowest BCUT2D eigenvalue weighted by Crippen LogP contribution is -2.43. The molecule has 0 fully saturated rings. The Morgan fingerprint density at radius 3 is 2.64 bits per heavy atom. The fourth-order valence-electron chi connectivity index (χ4n) is 2.70. The van der Waals surface area contributed by atoms with Crippen LogP contribution in [0.5, 0.6) is 0 Å². The average molecular weight is 354 g/mol. The minimum Gasteiger partial charge on any atom is -0.396 e. The first-order valence-corrected chi connectivity index (χ1v) is 8.37. The molecule has 0 amide bonds. The molecule has 2 aromatic rings. The number of aromatic nitrogens is 3. The zero-order valence-corrected chi connectivity index (χ0v) is 14.0. The Kier molecular flexibility index (Phi) is 7.42. The Morgan fingerprint density at radius 2 is 1.96 bits per heavy atom. The predicted octanol–water partition coefficient (Wildman–Crippen LogP) is 1.59. The molecule has 0 aliphatic heterocycles. The molecule has 2 rings (SSSR count). The second-order valence-electron chi connectivity index (χ2n) is 6.06. The first-order chi connectivity index (χ1) is 12.0. The molecule has 3 N–H and O–H groups in total. The summed E-state index contributed by atoms with van der Waals surface area (Å²) in [7, 11) is 0. The average Bonchev–Trinajstić information content (AvgIpc) is 3.06. The molecule has 1 atom stereocenters. The summed E-state index contributed by atoms with van der Waals surface area (Å²) in [5, 5.41) is 26.8. The van der Waals surface area contributed by atoms with E-state index in [2.05, 4.69) is 15.4 Å². The van der Waals surface area contributed by atoms with Crippen LogP contribution in [-0.2, 0) is 12.1 Å². The molecule has 1 aromatic heterocycles. The van der Waals surface area contributed by atoms with Gasteiger partial charge >= 0.3 is 0 Å². The number of unbranched alkanes of at least 4 members (excludes halogenated alkanes) is 3. The Balaban J connectivity index is 2.02. The number of benzene rings is 1. The number of hydrogen-bond donors (Lipinski definition) is 3. The van der Waals surface area contributed by atoms with Crippen molar-refractivity contribution in [3.63, 3.8) is 0 Å². The second-order valence-corrected chi connectivity index (χ2v) is 6.06. The highest BCUT2D eigenvalue weighted by Gasteiger charge is 2.33. The Morgan fingerprint density at radius 1 is 1.16 bits per heavy atom. The van der Waals surface area contributed by atoms with Gasteiger partial charge in [0, 0.05) is 24.8 Å². The molecule has 0 bridgehead atoms. The van der Waals surface area contributed by atoms with E-state index in [0.717, 1.165) is 37.8 Å². The van der Waals surface area contributed by atoms with E-state index < -0.39 is 17.2 Å². The number of aliphatic hydroxyl groups excluding tert-OH is 1. The van der Waals surface area contributed by atoms with Gasteiger partial charge in [0.05, 0.1) is 6.54 Å². The molecule has 1 heterocycles. The van der Waals surface area contributed by atoms with E-state index in [1.165, 1.54) is 23.4 Å². The van der Waals surface area contributed by atoms with Gasteiger partial charge in [-0.2, -0.15) is 5.10 Å². The number of nitrogens with one attached hydrogen (secondary N) is 1. The molecule has 8 heteroatoms. The Bertz CT molecular complexity index is 640. The number of nitrogens with zero attached hydrogens (tertiary/aromatic N) is 3. The second kappa shape index (κ2) is 9.55. The van der Waals surface area contributed by atoms with Gasteiger partial charge in [-0.1, -0.05) is 18.9 Å². The zero-order valence-electron chi connectivity index (χ0n) is 14.0. The summed E-state index contributed by atoms with van der Waals surface area (Å²) < 4.78 is 28.8. The molecule has 0 saturated heterocycles. The third kappa shape index (κ3) is 5.84. The van der Waals surface area contributed by atoms with E-state index >= 15 is 0 Å². The van der Waals surface area contributed by atoms with Crippen LogP contribution in [-0.4, -0.2) is 44.7 Å². The number of aliphatic hydroxyl groups is 2. The fourth-order valence-corrected chi connectivity index (χ4v) is 2.70. The van der Waals surface area contributed by atoms with Crippen LogP contribution in [0.15, 0.2) is 30.9 Å². The summed E-state index contributed by atoms with van der Waals surface area (Å²) in [6.07, 6.45) is 6.31. The van der Waals surface area contributed by atoms with E-state index in [1.54, 1.807) is 0 Å². The Labute approximate surface area is 145 Å². The molecule has 6 nitrogen and oxygen atoms in total. The summed E-state index contributed by atoms with van der Waals surface area (Å²) in [5.74, 6) is -1.49. The minimum absolute atomic E-state index is 0.00688. The molecular formula is C17H24F2N4O2. The van der Waals surface area contributed by atoms with Crippen LogP contribution in [0.1, 0.15) is 31.2 Å². The lowest BCUT2D eigenvalue weighted by atomic mass is 9.92. The molecule has 0 saturated carbocycles. The van der Waals surface area contributed by atoms with E-state index in [4.69, 9.17) is 5.11 Å². The topological polar surface area (TPSA) is 83.2 Å². The van der Waals surface area contributed by atoms with E-state index in [1.807, 2.05) is 0 Å². The first-order valence-electron chi connectivity index (χ1n) is 8.37. The molecule has 1 unspecified atom stereocenters. The fraction of sp³-hybridized carbons (Fsp3) is 0.529. The van der Waals surface area contributed by atoms with Gasteiger partial charge in [-0.3, -0.25) is 0 Å². The van der Waals surface area contributed by atoms with Gasteiger partial charge in [0.2, 0.25) is 0 Å². The lowest BCUT2D eigenvalue weighted by Gasteiger charge is -2.29. The van der Waals surface area contributed by atoms with Gasteiger partial charge < -0.3 is 15.5 Å².